The summed E-state index contributed by atoms with van der Waals surface area (Å²) in [6.07, 6.45) is 1.48. The Balaban J connectivity index is 1.65. The predicted octanol–water partition coefficient (Wildman–Crippen LogP) is 4.13. The first-order valence-electron chi connectivity index (χ1n) is 8.82. The fourth-order valence-electron chi connectivity index (χ4n) is 4.30. The molecule has 3 nitrogen and oxygen atoms in total. The smallest absolute Gasteiger partial charge is 0.225 e. The summed E-state index contributed by atoms with van der Waals surface area (Å²) >= 11 is 0. The molecule has 2 fully saturated rings. The zero-order valence-electron chi connectivity index (χ0n) is 14.0. The zero-order valence-corrected chi connectivity index (χ0v) is 14.0. The first-order chi connectivity index (χ1) is 11.8. The molecule has 2 aromatic rings. The first kappa shape index (κ1) is 15.4. The van der Waals surface area contributed by atoms with Crippen molar-refractivity contribution in [2.24, 2.45) is 5.92 Å². The molecule has 0 aromatic heterocycles. The minimum absolute atomic E-state index is 0.0504. The highest BCUT2D eigenvalue weighted by Gasteiger charge is 2.49. The minimum atomic E-state index is -0.105. The molecule has 4 atom stereocenters. The number of piperidine rings is 1. The van der Waals surface area contributed by atoms with Gasteiger partial charge in [-0.1, -0.05) is 67.6 Å². The van der Waals surface area contributed by atoms with Crippen molar-refractivity contribution in [3.63, 3.8) is 0 Å². The van der Waals surface area contributed by atoms with Crippen molar-refractivity contribution in [2.45, 2.75) is 38.0 Å². The van der Waals surface area contributed by atoms with Gasteiger partial charge in [0.15, 0.2) is 0 Å². The number of carbonyl (C=O) groups excluding carboxylic acids is 1. The number of hydrogen-bond donors (Lipinski definition) is 0. The fourth-order valence-corrected chi connectivity index (χ4v) is 4.30. The van der Waals surface area contributed by atoms with Crippen LogP contribution in [0, 0.1) is 5.92 Å². The topological polar surface area (TPSA) is 29.5 Å². The molecule has 0 radical (unpaired) electrons. The molecule has 4 rings (SSSR count). The molecule has 2 aromatic carbocycles. The summed E-state index contributed by atoms with van der Waals surface area (Å²) in [5.74, 6) is 0.809. The summed E-state index contributed by atoms with van der Waals surface area (Å²) in [5.41, 5.74) is 2.42. The van der Waals surface area contributed by atoms with Crippen LogP contribution in [0.15, 0.2) is 60.7 Å². The average molecular weight is 321 g/mol. The highest BCUT2D eigenvalue weighted by molar-refractivity contribution is 5.79. The average Bonchev–Trinajstić information content (AvgIpc) is 3.09. The van der Waals surface area contributed by atoms with Gasteiger partial charge in [0.1, 0.15) is 6.23 Å². The van der Waals surface area contributed by atoms with Crippen molar-refractivity contribution in [3.05, 3.63) is 71.8 Å². The number of hydrogen-bond acceptors (Lipinski definition) is 2. The predicted molar refractivity (Wildman–Crippen MR) is 93.4 cm³/mol. The molecule has 3 heteroatoms. The van der Waals surface area contributed by atoms with Crippen LogP contribution in [0.5, 0.6) is 0 Å². The third-order valence-corrected chi connectivity index (χ3v) is 5.48. The van der Waals surface area contributed by atoms with Crippen molar-refractivity contribution in [1.82, 2.24) is 4.90 Å². The maximum atomic E-state index is 13.0. The van der Waals surface area contributed by atoms with Gasteiger partial charge in [-0.2, -0.15) is 0 Å². The van der Waals surface area contributed by atoms with Crippen LogP contribution < -0.4 is 0 Å². The SMILES string of the molecule is CC[C@H]1[C@@H](c2ccccc2)CC(=O)N2[C@@H]1OC[C@H]2c1ccccc1. The van der Waals surface area contributed by atoms with Crippen LogP contribution in [0.1, 0.15) is 42.9 Å². The van der Waals surface area contributed by atoms with Gasteiger partial charge in [0.25, 0.3) is 0 Å². The van der Waals surface area contributed by atoms with Gasteiger partial charge in [0, 0.05) is 12.3 Å². The second-order valence-corrected chi connectivity index (χ2v) is 6.74. The number of amides is 1. The van der Waals surface area contributed by atoms with E-state index in [1.807, 2.05) is 29.2 Å². The van der Waals surface area contributed by atoms with Gasteiger partial charge in [-0.05, 0) is 23.5 Å². The van der Waals surface area contributed by atoms with Crippen molar-refractivity contribution < 1.29 is 9.53 Å². The van der Waals surface area contributed by atoms with Crippen molar-refractivity contribution in [1.29, 1.82) is 0 Å². The molecule has 2 aliphatic rings. The molecular formula is C21H23NO2. The molecule has 24 heavy (non-hydrogen) atoms. The van der Waals surface area contributed by atoms with Gasteiger partial charge in [-0.3, -0.25) is 4.79 Å². The summed E-state index contributed by atoms with van der Waals surface area (Å²) in [6.45, 7) is 2.80. The van der Waals surface area contributed by atoms with Gasteiger partial charge in [-0.25, -0.2) is 0 Å². The van der Waals surface area contributed by atoms with E-state index in [4.69, 9.17) is 4.74 Å². The summed E-state index contributed by atoms with van der Waals surface area (Å²) in [6, 6.07) is 20.7. The van der Waals surface area contributed by atoms with Crippen LogP contribution in [-0.4, -0.2) is 23.6 Å². The molecule has 124 valence electrons. The zero-order chi connectivity index (χ0) is 16.5. The number of rotatable bonds is 3. The third-order valence-electron chi connectivity index (χ3n) is 5.48. The lowest BCUT2D eigenvalue weighted by Gasteiger charge is -2.42. The maximum Gasteiger partial charge on any atom is 0.225 e. The molecule has 0 spiro atoms. The Labute approximate surface area is 143 Å². The van der Waals surface area contributed by atoms with Crippen LogP contribution in [0.2, 0.25) is 0 Å². The number of ether oxygens (including phenoxy) is 1. The van der Waals surface area contributed by atoms with Gasteiger partial charge in [-0.15, -0.1) is 0 Å². The van der Waals surface area contributed by atoms with Crippen molar-refractivity contribution in [3.8, 4) is 0 Å². The number of benzene rings is 2. The highest BCUT2D eigenvalue weighted by atomic mass is 16.5. The van der Waals surface area contributed by atoms with Crippen LogP contribution in [0.3, 0.4) is 0 Å². The highest BCUT2D eigenvalue weighted by Crippen LogP contribution is 2.46. The number of nitrogens with zero attached hydrogens (tertiary/aromatic N) is 1. The van der Waals surface area contributed by atoms with E-state index in [0.29, 0.717) is 18.9 Å². The second-order valence-electron chi connectivity index (χ2n) is 6.74. The standard InChI is InChI=1S/C21H23NO2/c1-2-17-18(15-9-5-3-6-10-15)13-20(23)22-19(14-24-21(17)22)16-11-7-4-8-12-16/h3-12,17-19,21H,2,13-14H2,1H3/t17-,18+,19-,21+/m0/s1. The van der Waals surface area contributed by atoms with Gasteiger partial charge >= 0.3 is 0 Å². The monoisotopic (exact) mass is 321 g/mol. The van der Waals surface area contributed by atoms with Crippen molar-refractivity contribution in [2.75, 3.05) is 6.61 Å². The van der Waals surface area contributed by atoms with E-state index in [1.165, 1.54) is 11.1 Å². The van der Waals surface area contributed by atoms with Crippen LogP contribution >= 0.6 is 0 Å². The minimum Gasteiger partial charge on any atom is -0.355 e. The largest absolute Gasteiger partial charge is 0.355 e. The van der Waals surface area contributed by atoms with Gasteiger partial charge in [0.05, 0.1) is 12.6 Å². The Kier molecular flexibility index (Phi) is 4.11. The van der Waals surface area contributed by atoms with Gasteiger partial charge in [0.2, 0.25) is 5.91 Å². The lowest BCUT2D eigenvalue weighted by molar-refractivity contribution is -0.149. The Morgan fingerprint density at radius 2 is 1.62 bits per heavy atom. The van der Waals surface area contributed by atoms with E-state index in [-0.39, 0.29) is 24.1 Å². The first-order valence-corrected chi connectivity index (χ1v) is 8.82. The molecule has 2 saturated heterocycles. The summed E-state index contributed by atoms with van der Waals surface area (Å²) in [7, 11) is 0. The lowest BCUT2D eigenvalue weighted by atomic mass is 9.77. The number of carbonyl (C=O) groups is 1. The van der Waals surface area contributed by atoms with E-state index in [0.717, 1.165) is 6.42 Å². The molecule has 0 aliphatic carbocycles. The van der Waals surface area contributed by atoms with E-state index >= 15 is 0 Å². The molecule has 2 heterocycles. The summed E-state index contributed by atoms with van der Waals surface area (Å²) < 4.78 is 6.15. The quantitative estimate of drug-likeness (QED) is 0.851. The molecule has 2 aliphatic heterocycles. The fraction of sp³-hybridized carbons (Fsp3) is 0.381. The summed E-state index contributed by atoms with van der Waals surface area (Å²) in [4.78, 5) is 15.0. The van der Waals surface area contributed by atoms with Crippen LogP contribution in [0.25, 0.3) is 0 Å². The van der Waals surface area contributed by atoms with E-state index in [2.05, 4.69) is 43.3 Å². The van der Waals surface area contributed by atoms with E-state index in [1.54, 1.807) is 0 Å². The third kappa shape index (κ3) is 2.53. The lowest BCUT2D eigenvalue weighted by Crippen LogP contribution is -2.49. The summed E-state index contributed by atoms with van der Waals surface area (Å²) in [5, 5.41) is 0. The maximum absolute atomic E-state index is 13.0. The Morgan fingerprint density at radius 1 is 1.00 bits per heavy atom. The van der Waals surface area contributed by atoms with E-state index < -0.39 is 0 Å². The van der Waals surface area contributed by atoms with E-state index in [9.17, 15) is 4.79 Å². The van der Waals surface area contributed by atoms with Crippen LogP contribution in [-0.2, 0) is 9.53 Å². The van der Waals surface area contributed by atoms with Crippen molar-refractivity contribution >= 4 is 5.91 Å². The molecule has 1 amide bonds. The molecule has 0 saturated carbocycles. The Hall–Kier alpha value is -2.13. The number of fused-ring (bicyclic) bond motifs is 1. The molecule has 0 N–H and O–H groups in total. The van der Waals surface area contributed by atoms with Crippen LogP contribution in [0.4, 0.5) is 0 Å². The Morgan fingerprint density at radius 3 is 2.25 bits per heavy atom. The molecular weight excluding hydrogens is 298 g/mol. The van der Waals surface area contributed by atoms with Gasteiger partial charge < -0.3 is 9.64 Å². The second kappa shape index (κ2) is 6.40. The molecule has 0 unspecified atom stereocenters. The normalized spacial score (nSPS) is 29.5. The Bertz CT molecular complexity index is 700. The molecule has 0 bridgehead atoms.